The molecule has 2 aliphatic heterocycles. The number of aliphatic hydroxyl groups is 2. The number of nitrogens with two attached hydrogens (primary N) is 2. The minimum Gasteiger partial charge on any atom is -0.507 e. The van der Waals surface area contributed by atoms with Crippen LogP contribution in [0.3, 0.4) is 0 Å². The average Bonchev–Trinajstić information content (AvgIpc) is 1.48. The fourth-order valence-corrected chi connectivity index (χ4v) is 10.8. The molecule has 7 rings (SSSR count). The zero-order chi connectivity index (χ0) is 66.0. The fourth-order valence-electron chi connectivity index (χ4n) is 10.8. The van der Waals surface area contributed by atoms with Gasteiger partial charge in [-0.25, -0.2) is 9.59 Å². The number of amides is 8. The molecule has 28 heteroatoms. The van der Waals surface area contributed by atoms with Crippen molar-refractivity contribution >= 4 is 64.6 Å². The molecular formula is C63H78N10O18. The molecule has 488 valence electrons. The van der Waals surface area contributed by atoms with Crippen molar-refractivity contribution in [2.75, 3.05) is 96.7 Å². The number of hydrogen-bond donors (Lipinski definition) is 12. The van der Waals surface area contributed by atoms with Gasteiger partial charge in [-0.2, -0.15) is 0 Å². The second kappa shape index (κ2) is 32.2. The zero-order valence-electron chi connectivity index (χ0n) is 51.2. The van der Waals surface area contributed by atoms with E-state index in [1.807, 2.05) is 0 Å². The molecule has 0 aromatic heterocycles. The van der Waals surface area contributed by atoms with E-state index in [0.29, 0.717) is 45.1 Å². The molecule has 0 spiro atoms. The molecule has 0 saturated carbocycles. The van der Waals surface area contributed by atoms with Crippen LogP contribution in [-0.2, 0) is 66.4 Å². The third-order valence-corrected chi connectivity index (χ3v) is 15.2. The summed E-state index contributed by atoms with van der Waals surface area (Å²) < 4.78 is 33.6. The van der Waals surface area contributed by atoms with Gasteiger partial charge in [-0.3, -0.25) is 33.6 Å². The Hall–Kier alpha value is -8.97. The Labute approximate surface area is 525 Å². The molecular weight excluding hydrogens is 1180 g/mol. The number of primary amides is 1. The number of benzene rings is 3. The van der Waals surface area contributed by atoms with E-state index in [9.17, 15) is 58.5 Å². The molecule has 1 saturated heterocycles. The number of aliphatic hydroxyl groups excluding tert-OH is 2. The predicted molar refractivity (Wildman–Crippen MR) is 327 cm³/mol. The maximum Gasteiger partial charge on any atom is 0.410 e. The molecule has 4 aliphatic rings. The number of anilines is 2. The van der Waals surface area contributed by atoms with E-state index < -0.39 is 101 Å². The molecule has 28 nitrogen and oxygen atoms in total. The standard InChI is InChI=1S/C63H78N10O18/c1-36(2)53(69-38(4)75)59(83)71-46(11-10-20-68-60(65)84)58(82)70-41-16-15-40(43(32-41)57(81)67-22-21-66-50(78)18-23-86-25-27-88-29-30-89-28-26-87-24-19-64)35-90-61(85)73(5)34-39-14-17-42-44(31-39)56(80)51-47(76)33-45-54(52(51)55(42)79)72-48-12-8-6-7-9-13-49(77)63(45)62(48,91-63)37(3)74/h6-7,14-17,31-33,36-37,46,48-49,53,72,74,76-77H,10-11,18-30,34-35,64H2,1-5H3,(H,66,78)(H,67,81)(H,69,75)(H,70,82)(H,71,83)(H3,65,68,84)/b7-6-/t37-,46+,48+,49-,53+,62+,63+/m1/s1. The molecule has 2 heterocycles. The van der Waals surface area contributed by atoms with Crippen LogP contribution >= 0.6 is 0 Å². The summed E-state index contributed by atoms with van der Waals surface area (Å²) >= 11 is 0. The lowest BCUT2D eigenvalue weighted by Crippen LogP contribution is -2.54. The van der Waals surface area contributed by atoms with Crippen LogP contribution in [0.15, 0.2) is 54.6 Å². The Kier molecular flexibility index (Phi) is 24.6. The Bertz CT molecular complexity index is 3410. The Morgan fingerprint density at radius 1 is 0.791 bits per heavy atom. The number of nitrogens with one attached hydrogen (secondary N) is 7. The van der Waals surface area contributed by atoms with Crippen molar-refractivity contribution in [3.63, 3.8) is 0 Å². The van der Waals surface area contributed by atoms with Gasteiger partial charge in [0, 0.05) is 86.6 Å². The van der Waals surface area contributed by atoms with Gasteiger partial charge in [0.1, 0.15) is 30.5 Å². The van der Waals surface area contributed by atoms with Crippen LogP contribution in [-0.4, -0.2) is 195 Å². The number of ether oxygens (including phenoxy) is 6. The molecule has 7 atom stereocenters. The molecule has 14 N–H and O–H groups in total. The maximum absolute atomic E-state index is 14.6. The third kappa shape index (κ3) is 16.9. The summed E-state index contributed by atoms with van der Waals surface area (Å²) in [5.74, 6) is 5.98. The number of hydrogen-bond acceptors (Lipinski definition) is 20. The third-order valence-electron chi connectivity index (χ3n) is 15.2. The van der Waals surface area contributed by atoms with Gasteiger partial charge in [-0.1, -0.05) is 49.7 Å². The highest BCUT2D eigenvalue weighted by atomic mass is 16.7. The Balaban J connectivity index is 1.02. The summed E-state index contributed by atoms with van der Waals surface area (Å²) in [6.45, 7) is 8.59. The molecule has 2 aliphatic carbocycles. The van der Waals surface area contributed by atoms with Crippen molar-refractivity contribution in [2.45, 2.75) is 102 Å². The van der Waals surface area contributed by atoms with Crippen molar-refractivity contribution in [3.05, 3.63) is 99.1 Å². The second-order valence-electron chi connectivity index (χ2n) is 22.1. The van der Waals surface area contributed by atoms with Crippen molar-refractivity contribution in [2.24, 2.45) is 17.4 Å². The topological polar surface area (TPSA) is 412 Å². The Morgan fingerprint density at radius 2 is 1.45 bits per heavy atom. The molecule has 0 unspecified atom stereocenters. The SMILES string of the molecule is CC(=O)N[C@H](C(=O)N[C@@H](CCCNC(N)=O)C(=O)Nc1ccc(COC(=O)N(C)Cc2ccc3c(c2)C(=O)c2c(O)cc4c(c2C3=O)N[C@H]2C#C/C=C\C#C[C@@H](O)[C@@]43O[C@@]23[C@@H](C)O)c(C(=O)NCCNC(=O)CCOCCOCCOCCOCCN)c1)C(C)C. The zero-order valence-corrected chi connectivity index (χ0v) is 51.2. The molecule has 1 fully saturated rings. The number of nitrogens with zero attached hydrogens (tertiary/aromatic N) is 1. The number of epoxide rings is 1. The van der Waals surface area contributed by atoms with E-state index in [-0.39, 0.29) is 127 Å². The van der Waals surface area contributed by atoms with E-state index in [1.54, 1.807) is 13.8 Å². The van der Waals surface area contributed by atoms with Crippen LogP contribution in [0, 0.1) is 29.6 Å². The summed E-state index contributed by atoms with van der Waals surface area (Å²) in [7, 11) is 1.41. The van der Waals surface area contributed by atoms with Crippen molar-refractivity contribution in [1.82, 2.24) is 31.5 Å². The van der Waals surface area contributed by atoms with E-state index in [2.05, 4.69) is 60.9 Å². The number of ketones is 2. The first-order valence-electron chi connectivity index (χ1n) is 29.7. The van der Waals surface area contributed by atoms with Gasteiger partial charge in [-0.05, 0) is 73.7 Å². The minimum atomic E-state index is -1.75. The first kappa shape index (κ1) is 69.5. The number of carbonyl (C=O) groups excluding carboxylic acids is 9. The number of fused-ring (bicyclic) bond motifs is 4. The van der Waals surface area contributed by atoms with Crippen molar-refractivity contribution in [1.29, 1.82) is 0 Å². The average molecular weight is 1260 g/mol. The molecule has 0 radical (unpaired) electrons. The summed E-state index contributed by atoms with van der Waals surface area (Å²) in [5.41, 5.74) is 7.41. The largest absolute Gasteiger partial charge is 0.507 e. The predicted octanol–water partition coefficient (Wildman–Crippen LogP) is 0.307. The lowest BCUT2D eigenvalue weighted by atomic mass is 9.69. The summed E-state index contributed by atoms with van der Waals surface area (Å²) in [6, 6.07) is 5.73. The van der Waals surface area contributed by atoms with Gasteiger partial charge in [-0.15, -0.1) is 0 Å². The van der Waals surface area contributed by atoms with Crippen molar-refractivity contribution in [3.8, 4) is 29.4 Å². The van der Waals surface area contributed by atoms with E-state index in [4.69, 9.17) is 39.9 Å². The van der Waals surface area contributed by atoms with Gasteiger partial charge >= 0.3 is 12.1 Å². The monoisotopic (exact) mass is 1260 g/mol. The quantitative estimate of drug-likeness (QED) is 0.0132. The fraction of sp³-hybridized carbons (Fsp3) is 0.476. The summed E-state index contributed by atoms with van der Waals surface area (Å²) in [6.07, 6.45) is -0.576. The van der Waals surface area contributed by atoms with Crippen LogP contribution in [0.25, 0.3) is 0 Å². The van der Waals surface area contributed by atoms with Gasteiger partial charge < -0.3 is 97.3 Å². The van der Waals surface area contributed by atoms with Crippen LogP contribution in [0.5, 0.6) is 5.75 Å². The van der Waals surface area contributed by atoms with E-state index in [1.165, 1.54) is 80.4 Å². The lowest BCUT2D eigenvalue weighted by molar-refractivity contribution is -0.131. The Morgan fingerprint density at radius 3 is 2.11 bits per heavy atom. The number of phenolic OH excluding ortho intramolecular Hbond substituents is 1. The number of carbonyl (C=O) groups is 9. The van der Waals surface area contributed by atoms with Gasteiger partial charge in [0.25, 0.3) is 5.91 Å². The smallest absolute Gasteiger partial charge is 0.410 e. The summed E-state index contributed by atoms with van der Waals surface area (Å²) in [5, 5.41) is 53.2. The second-order valence-corrected chi connectivity index (χ2v) is 22.1. The van der Waals surface area contributed by atoms with Crippen molar-refractivity contribution < 1.29 is 86.9 Å². The molecule has 3 aromatic rings. The van der Waals surface area contributed by atoms with E-state index in [0.717, 1.165) is 0 Å². The van der Waals surface area contributed by atoms with Crippen LogP contribution in [0.4, 0.5) is 21.0 Å². The first-order valence-corrected chi connectivity index (χ1v) is 29.7. The first-order chi connectivity index (χ1) is 43.6. The van der Waals surface area contributed by atoms with Crippen LogP contribution in [0.1, 0.15) is 106 Å². The number of urea groups is 1. The normalized spacial score (nSPS) is 19.2. The molecule has 3 aromatic carbocycles. The number of aromatic hydroxyl groups is 1. The van der Waals surface area contributed by atoms with Crippen LogP contribution < -0.4 is 48.7 Å². The molecule has 8 amide bonds. The highest BCUT2D eigenvalue weighted by Gasteiger charge is 2.82. The number of rotatable bonds is 33. The highest BCUT2D eigenvalue weighted by molar-refractivity contribution is 6.31. The number of phenols is 1. The van der Waals surface area contributed by atoms with Gasteiger partial charge in [0.05, 0.1) is 75.8 Å². The van der Waals surface area contributed by atoms with Crippen LogP contribution in [0.2, 0.25) is 0 Å². The van der Waals surface area contributed by atoms with Gasteiger partial charge in [0.15, 0.2) is 28.9 Å². The minimum absolute atomic E-state index is 0.00429. The molecule has 2 bridgehead atoms. The maximum atomic E-state index is 14.6. The molecule has 91 heavy (non-hydrogen) atoms. The van der Waals surface area contributed by atoms with E-state index >= 15 is 0 Å². The highest BCUT2D eigenvalue weighted by Crippen LogP contribution is 2.67. The number of allylic oxidation sites excluding steroid dienone is 2. The van der Waals surface area contributed by atoms with Gasteiger partial charge in [0.2, 0.25) is 23.6 Å². The lowest BCUT2D eigenvalue weighted by Gasteiger charge is -2.37. The summed E-state index contributed by atoms with van der Waals surface area (Å²) in [4.78, 5) is 121.